The number of halogens is 1. The third-order valence-corrected chi connectivity index (χ3v) is 3.35. The summed E-state index contributed by atoms with van der Waals surface area (Å²) in [6, 6.07) is -0.611. The average molecular weight is 258 g/mol. The van der Waals surface area contributed by atoms with Crippen LogP contribution in [-0.4, -0.2) is 50.2 Å². The summed E-state index contributed by atoms with van der Waals surface area (Å²) in [5.41, 5.74) is 0. The first kappa shape index (κ1) is 14.6. The second-order valence-corrected chi connectivity index (χ2v) is 5.05. The van der Waals surface area contributed by atoms with Crippen LogP contribution in [0.1, 0.15) is 12.8 Å². The van der Waals surface area contributed by atoms with Crippen LogP contribution >= 0.6 is 12.4 Å². The summed E-state index contributed by atoms with van der Waals surface area (Å²) in [4.78, 5) is 12.9. The van der Waals surface area contributed by atoms with Crippen LogP contribution in [0.25, 0.3) is 0 Å². The number of carbonyl (C=O) groups excluding carboxylic acids is 1. The Labute approximate surface area is 96.0 Å². The van der Waals surface area contributed by atoms with Crippen molar-refractivity contribution in [2.75, 3.05) is 20.6 Å². The summed E-state index contributed by atoms with van der Waals surface area (Å²) in [6.07, 6.45) is 1.23. The van der Waals surface area contributed by atoms with Gasteiger partial charge in [0.25, 0.3) is 10.2 Å². The van der Waals surface area contributed by atoms with Gasteiger partial charge in [0.1, 0.15) is 6.04 Å². The summed E-state index contributed by atoms with van der Waals surface area (Å²) < 4.78 is 23.3. The number of rotatable bonds is 2. The maximum atomic E-state index is 11.6. The fourth-order valence-electron chi connectivity index (χ4n) is 1.59. The van der Waals surface area contributed by atoms with Crippen molar-refractivity contribution in [2.24, 2.45) is 5.14 Å². The van der Waals surface area contributed by atoms with Gasteiger partial charge in [-0.2, -0.15) is 12.7 Å². The van der Waals surface area contributed by atoms with Crippen molar-refractivity contribution in [3.63, 3.8) is 0 Å². The van der Waals surface area contributed by atoms with E-state index in [1.54, 1.807) is 14.1 Å². The fraction of sp³-hybridized carbons (Fsp3) is 0.857. The zero-order chi connectivity index (χ0) is 10.9. The molecule has 0 aromatic heterocycles. The molecule has 15 heavy (non-hydrogen) atoms. The highest BCUT2D eigenvalue weighted by Crippen LogP contribution is 2.20. The van der Waals surface area contributed by atoms with Crippen LogP contribution in [0.15, 0.2) is 0 Å². The molecule has 8 heteroatoms. The minimum atomic E-state index is -3.74. The minimum Gasteiger partial charge on any atom is -0.347 e. The van der Waals surface area contributed by atoms with Gasteiger partial charge in [0.15, 0.2) is 0 Å². The molecular weight excluding hydrogens is 242 g/mol. The number of carbonyl (C=O) groups is 1. The lowest BCUT2D eigenvalue weighted by Gasteiger charge is -2.23. The minimum absolute atomic E-state index is 0. The predicted molar refractivity (Wildman–Crippen MR) is 58.8 cm³/mol. The van der Waals surface area contributed by atoms with Crippen LogP contribution in [0.5, 0.6) is 0 Å². The van der Waals surface area contributed by atoms with Crippen LogP contribution in [0.3, 0.4) is 0 Å². The maximum Gasteiger partial charge on any atom is 0.277 e. The molecule has 1 rings (SSSR count). The highest BCUT2D eigenvalue weighted by molar-refractivity contribution is 7.86. The van der Waals surface area contributed by atoms with Gasteiger partial charge in [-0.25, -0.2) is 5.14 Å². The molecule has 1 saturated heterocycles. The molecule has 1 aliphatic rings. The number of hydrogen-bond acceptors (Lipinski definition) is 3. The molecule has 0 unspecified atom stereocenters. The third kappa shape index (κ3) is 3.30. The molecule has 2 N–H and O–H groups in total. The quantitative estimate of drug-likeness (QED) is 0.700. The van der Waals surface area contributed by atoms with Gasteiger partial charge in [-0.15, -0.1) is 12.4 Å². The van der Waals surface area contributed by atoms with E-state index in [0.717, 1.165) is 4.31 Å². The van der Waals surface area contributed by atoms with E-state index < -0.39 is 16.3 Å². The van der Waals surface area contributed by atoms with Gasteiger partial charge < -0.3 is 4.90 Å². The zero-order valence-electron chi connectivity index (χ0n) is 8.71. The normalized spacial score (nSPS) is 22.2. The van der Waals surface area contributed by atoms with Gasteiger partial charge in [-0.3, -0.25) is 4.79 Å². The van der Waals surface area contributed by atoms with Crippen molar-refractivity contribution < 1.29 is 13.2 Å². The van der Waals surface area contributed by atoms with E-state index in [4.69, 9.17) is 5.14 Å². The van der Waals surface area contributed by atoms with Gasteiger partial charge in [0.05, 0.1) is 0 Å². The molecule has 1 atom stereocenters. The molecule has 0 bridgehead atoms. The SMILES string of the molecule is CN(C)C(=O)[C@@H]1CCCN1S(N)(=O)=O.Cl. The highest BCUT2D eigenvalue weighted by Gasteiger charge is 2.37. The maximum absolute atomic E-state index is 11.6. The molecule has 6 nitrogen and oxygen atoms in total. The molecule has 1 amide bonds. The number of likely N-dealkylation sites (N-methyl/N-ethyl adjacent to an activating group) is 1. The first-order valence-electron chi connectivity index (χ1n) is 4.35. The Morgan fingerprint density at radius 3 is 2.40 bits per heavy atom. The lowest BCUT2D eigenvalue weighted by atomic mass is 10.2. The number of amides is 1. The predicted octanol–water partition coefficient (Wildman–Crippen LogP) is -0.836. The third-order valence-electron chi connectivity index (χ3n) is 2.26. The molecule has 0 aliphatic carbocycles. The fourth-order valence-corrected chi connectivity index (χ4v) is 2.52. The molecule has 90 valence electrons. The second-order valence-electron chi connectivity index (χ2n) is 3.55. The van der Waals surface area contributed by atoms with Crippen molar-refractivity contribution in [3.8, 4) is 0 Å². The lowest BCUT2D eigenvalue weighted by Crippen LogP contribution is -2.47. The van der Waals surface area contributed by atoms with E-state index >= 15 is 0 Å². The Morgan fingerprint density at radius 2 is 2.00 bits per heavy atom. The molecule has 0 saturated carbocycles. The Balaban J connectivity index is 0.00000196. The van der Waals surface area contributed by atoms with Crippen molar-refractivity contribution >= 4 is 28.5 Å². The number of hydrogen-bond donors (Lipinski definition) is 1. The van der Waals surface area contributed by atoms with Gasteiger partial charge >= 0.3 is 0 Å². The Hall–Kier alpha value is -0.370. The molecular formula is C7H16ClN3O3S. The topological polar surface area (TPSA) is 83.7 Å². The first-order valence-corrected chi connectivity index (χ1v) is 5.85. The van der Waals surface area contributed by atoms with Crippen LogP contribution < -0.4 is 5.14 Å². The molecule has 1 fully saturated rings. The smallest absolute Gasteiger partial charge is 0.277 e. The monoisotopic (exact) mass is 257 g/mol. The van der Waals surface area contributed by atoms with Crippen molar-refractivity contribution in [1.82, 2.24) is 9.21 Å². The van der Waals surface area contributed by atoms with Gasteiger partial charge in [-0.05, 0) is 12.8 Å². The number of nitrogens with two attached hydrogens (primary N) is 1. The molecule has 1 heterocycles. The molecule has 0 radical (unpaired) electrons. The largest absolute Gasteiger partial charge is 0.347 e. The summed E-state index contributed by atoms with van der Waals surface area (Å²) in [6.45, 7) is 0.336. The van der Waals surface area contributed by atoms with E-state index in [2.05, 4.69) is 0 Å². The molecule has 0 spiro atoms. The van der Waals surface area contributed by atoms with Gasteiger partial charge in [-0.1, -0.05) is 0 Å². The van der Waals surface area contributed by atoms with Gasteiger partial charge in [0.2, 0.25) is 5.91 Å². The van der Waals surface area contributed by atoms with Crippen LogP contribution in [0.4, 0.5) is 0 Å². The zero-order valence-corrected chi connectivity index (χ0v) is 10.3. The van der Waals surface area contributed by atoms with E-state index in [-0.39, 0.29) is 18.3 Å². The highest BCUT2D eigenvalue weighted by atomic mass is 35.5. The Morgan fingerprint density at radius 1 is 1.47 bits per heavy atom. The Bertz CT molecular complexity index is 330. The standard InChI is InChI=1S/C7H15N3O3S.ClH/c1-9(2)7(11)6-4-3-5-10(6)14(8,12)13;/h6H,3-5H2,1-2H3,(H2,8,12,13);1H/t6-;/m0./s1. The summed E-state index contributed by atoms with van der Waals surface area (Å²) in [5.74, 6) is -0.212. The molecule has 0 aromatic rings. The summed E-state index contributed by atoms with van der Waals surface area (Å²) >= 11 is 0. The van der Waals surface area contributed by atoms with E-state index in [1.165, 1.54) is 4.90 Å². The van der Waals surface area contributed by atoms with E-state index in [1.807, 2.05) is 0 Å². The Kier molecular flexibility index (Phi) is 4.98. The summed E-state index contributed by atoms with van der Waals surface area (Å²) in [7, 11) is -0.546. The lowest BCUT2D eigenvalue weighted by molar-refractivity contribution is -0.132. The van der Waals surface area contributed by atoms with Crippen LogP contribution in [0, 0.1) is 0 Å². The van der Waals surface area contributed by atoms with Gasteiger partial charge in [0, 0.05) is 20.6 Å². The first-order chi connectivity index (χ1) is 6.34. The summed E-state index contributed by atoms with van der Waals surface area (Å²) in [5, 5.41) is 5.00. The second kappa shape index (κ2) is 5.11. The van der Waals surface area contributed by atoms with Crippen molar-refractivity contribution in [2.45, 2.75) is 18.9 Å². The average Bonchev–Trinajstić information content (AvgIpc) is 2.48. The van der Waals surface area contributed by atoms with Crippen molar-refractivity contribution in [1.29, 1.82) is 0 Å². The molecule has 1 aliphatic heterocycles. The van der Waals surface area contributed by atoms with Crippen LogP contribution in [-0.2, 0) is 15.0 Å². The number of nitrogens with zero attached hydrogens (tertiary/aromatic N) is 2. The van der Waals surface area contributed by atoms with Crippen LogP contribution in [0.2, 0.25) is 0 Å². The van der Waals surface area contributed by atoms with Crippen molar-refractivity contribution in [3.05, 3.63) is 0 Å². The van der Waals surface area contributed by atoms with E-state index in [9.17, 15) is 13.2 Å². The molecule has 0 aromatic carbocycles. The van der Waals surface area contributed by atoms with E-state index in [0.29, 0.717) is 19.4 Å².